The van der Waals surface area contributed by atoms with Gasteiger partial charge in [-0.25, -0.2) is 19.9 Å². The van der Waals surface area contributed by atoms with E-state index in [1.54, 1.807) is 0 Å². The van der Waals surface area contributed by atoms with Crippen LogP contribution in [0.25, 0.3) is 54.8 Å². The first-order chi connectivity index (χ1) is 22.1. The van der Waals surface area contributed by atoms with Crippen LogP contribution in [0.15, 0.2) is 121 Å². The van der Waals surface area contributed by atoms with Gasteiger partial charge in [0.2, 0.25) is 0 Å². The number of hydrogen-bond acceptors (Lipinski definition) is 10. The van der Waals surface area contributed by atoms with E-state index in [1.165, 1.54) is 36.7 Å². The molecule has 0 aliphatic heterocycles. The highest BCUT2D eigenvalue weighted by molar-refractivity contribution is 9.08. The monoisotopic (exact) mass is 666 g/mol. The van der Waals surface area contributed by atoms with E-state index in [-0.39, 0.29) is 0 Å². The summed E-state index contributed by atoms with van der Waals surface area (Å²) >= 11 is 3.37. The van der Waals surface area contributed by atoms with Gasteiger partial charge in [-0.3, -0.25) is 0 Å². The number of halogens is 1. The molecule has 0 fully saturated rings. The third-order valence-corrected chi connectivity index (χ3v) is 7.03. The number of nitrogens with zero attached hydrogens (tertiary/aromatic N) is 7. The van der Waals surface area contributed by atoms with Gasteiger partial charge in [-0.1, -0.05) is 45.3 Å². The van der Waals surface area contributed by atoms with Crippen LogP contribution in [-0.4, -0.2) is 19.9 Å². The topological polar surface area (TPSA) is 179 Å². The van der Waals surface area contributed by atoms with E-state index >= 15 is 0 Å². The van der Waals surface area contributed by atoms with Crippen LogP contribution in [-0.2, 0) is 18.4 Å². The smallest absolute Gasteiger partial charge is 0.181 e. The lowest BCUT2D eigenvalue weighted by molar-refractivity contribution is 0.601. The van der Waals surface area contributed by atoms with Crippen LogP contribution >= 0.6 is 15.9 Å². The van der Waals surface area contributed by atoms with E-state index < -0.39 is 0 Å². The molecule has 0 aliphatic rings. The van der Waals surface area contributed by atoms with E-state index in [1.807, 2.05) is 79.7 Å². The van der Waals surface area contributed by atoms with Crippen molar-refractivity contribution in [2.75, 3.05) is 0 Å². The maximum atomic E-state index is 8.12. The van der Waals surface area contributed by atoms with Gasteiger partial charge in [0.1, 0.15) is 22.1 Å². The van der Waals surface area contributed by atoms with Gasteiger partial charge < -0.3 is 23.4 Å². The summed E-state index contributed by atoms with van der Waals surface area (Å²) in [6.07, 6.45) is 5.75. The van der Waals surface area contributed by atoms with Crippen LogP contribution < -0.4 is 5.73 Å². The van der Waals surface area contributed by atoms with Crippen LogP contribution in [0.4, 0.5) is 0 Å². The number of rotatable bonds is 4. The lowest BCUT2D eigenvalue weighted by Gasteiger charge is -1.92. The molecule has 4 heterocycles. The minimum Gasteiger partial charge on any atom is -0.443 e. The second-order valence-corrected chi connectivity index (χ2v) is 10.1. The molecule has 0 saturated carbocycles. The molecule has 226 valence electrons. The number of hydrogen-bond donors (Lipinski definition) is 1. The van der Waals surface area contributed by atoms with Crippen LogP contribution in [0.5, 0.6) is 0 Å². The molecule has 0 amide bonds. The molecule has 0 atom stereocenters. The molecule has 0 aliphatic carbocycles. The van der Waals surface area contributed by atoms with Crippen LogP contribution in [0, 0.1) is 6.92 Å². The predicted octanol–water partition coefficient (Wildman–Crippen LogP) is 8.78. The third-order valence-electron chi connectivity index (χ3n) is 6.38. The fraction of sp³-hybridized carbons (Fsp3) is 0.125. The molecular formula is C32H27BrN8O4. The zero-order chi connectivity index (χ0) is 31.4. The maximum Gasteiger partial charge on any atom is 0.181 e. The third kappa shape index (κ3) is 8.33. The highest BCUT2D eigenvalue weighted by atomic mass is 79.9. The van der Waals surface area contributed by atoms with Gasteiger partial charge in [0, 0.05) is 16.8 Å². The quantitative estimate of drug-likeness (QED) is 0.0831. The second kappa shape index (κ2) is 15.3. The average Bonchev–Trinajstić information content (AvgIpc) is 3.90. The molecule has 8 aromatic rings. The highest BCUT2D eigenvalue weighted by Crippen LogP contribution is 2.17. The van der Waals surface area contributed by atoms with Crippen molar-refractivity contribution in [1.82, 2.24) is 19.9 Å². The summed E-state index contributed by atoms with van der Waals surface area (Å²) in [4.78, 5) is 18.6. The van der Waals surface area contributed by atoms with Gasteiger partial charge in [-0.2, -0.15) is 0 Å². The Kier molecular flexibility index (Phi) is 10.5. The molecule has 4 aromatic carbocycles. The van der Waals surface area contributed by atoms with Crippen molar-refractivity contribution in [2.24, 2.45) is 10.8 Å². The fourth-order valence-corrected chi connectivity index (χ4v) is 4.43. The Morgan fingerprint density at radius 1 is 0.644 bits per heavy atom. The molecule has 0 unspecified atom stereocenters. The number of nitrogens with two attached hydrogens (primary N) is 1. The van der Waals surface area contributed by atoms with Crippen molar-refractivity contribution in [3.8, 4) is 0 Å². The lowest BCUT2D eigenvalue weighted by atomic mass is 10.2. The molecule has 0 saturated heterocycles. The predicted molar refractivity (Wildman–Crippen MR) is 174 cm³/mol. The summed E-state index contributed by atoms with van der Waals surface area (Å²) < 4.78 is 20.4. The molecule has 2 N–H and O–H groups in total. The lowest BCUT2D eigenvalue weighted by Crippen LogP contribution is -1.94. The van der Waals surface area contributed by atoms with Gasteiger partial charge in [0.05, 0.1) is 6.54 Å². The summed E-state index contributed by atoms with van der Waals surface area (Å²) in [6, 6.07) is 23.2. The van der Waals surface area contributed by atoms with Gasteiger partial charge in [-0.15, -0.1) is 0 Å². The number of oxazole rings is 4. The normalized spacial score (nSPS) is 10.4. The van der Waals surface area contributed by atoms with E-state index in [2.05, 4.69) is 45.9 Å². The first-order valence-corrected chi connectivity index (χ1v) is 14.7. The molecule has 0 spiro atoms. The average molecular weight is 668 g/mol. The molecule has 4 aromatic heterocycles. The number of aromatic nitrogens is 4. The Labute approximate surface area is 264 Å². The molecule has 13 heteroatoms. The zero-order valence-corrected chi connectivity index (χ0v) is 25.7. The summed E-state index contributed by atoms with van der Waals surface area (Å²) in [6.45, 7) is 2.91. The summed E-state index contributed by atoms with van der Waals surface area (Å²) in [5.41, 5.74) is 24.7. The van der Waals surface area contributed by atoms with E-state index in [0.29, 0.717) is 18.7 Å². The van der Waals surface area contributed by atoms with E-state index in [0.717, 1.165) is 55.3 Å². The summed E-state index contributed by atoms with van der Waals surface area (Å²) in [5.74, 6) is 0. The highest BCUT2D eigenvalue weighted by Gasteiger charge is 2.00. The number of alkyl halides is 1. The number of fused-ring (bicyclic) bond motifs is 4. The minimum absolute atomic E-state index is 0.340. The standard InChI is InChI=1S/C8H6BrNO.C8H6N4O.C8H8N2O.C8H7NO/c9-4-6-1-2-7-8(3-6)11-5-10-7;9-12-11-4-6-1-2-7-8(3-6)13-5-10-7;9-4-6-1-2-7-8(3-6)11-5-10-7;1-6-2-3-7-8(4-6)10-5-9-7/h1-3,5H,4H2;1-3,5H,4H2;1-3,5H,4,9H2;2-5H,1H3. The first kappa shape index (κ1) is 31.0. The maximum absolute atomic E-state index is 8.12. The molecule has 8 rings (SSSR count). The van der Waals surface area contributed by atoms with Crippen molar-refractivity contribution in [1.29, 1.82) is 0 Å². The summed E-state index contributed by atoms with van der Waals surface area (Å²) in [5, 5.41) is 4.30. The molecular weight excluding hydrogens is 640 g/mol. The Morgan fingerprint density at radius 2 is 1.07 bits per heavy atom. The Bertz CT molecular complexity index is 2100. The Morgan fingerprint density at radius 3 is 1.56 bits per heavy atom. The van der Waals surface area contributed by atoms with E-state index in [9.17, 15) is 0 Å². The van der Waals surface area contributed by atoms with Crippen molar-refractivity contribution in [3.63, 3.8) is 0 Å². The molecule has 0 bridgehead atoms. The molecule has 45 heavy (non-hydrogen) atoms. The van der Waals surface area contributed by atoms with Gasteiger partial charge in [0.25, 0.3) is 0 Å². The van der Waals surface area contributed by atoms with Crippen molar-refractivity contribution < 1.29 is 17.7 Å². The Balaban J connectivity index is 0.000000119. The van der Waals surface area contributed by atoms with E-state index in [4.69, 9.17) is 28.9 Å². The SMILES string of the molecule is BrCc1ccc2ncoc2c1.Cc1ccc2ncoc2c1.NCc1ccc2ncoc2c1.[N-]=[N+]=NCc1ccc2ncoc2c1. The van der Waals surface area contributed by atoms with Gasteiger partial charge in [0.15, 0.2) is 47.9 Å². The van der Waals surface area contributed by atoms with Gasteiger partial charge in [-0.05, 0) is 83.2 Å². The van der Waals surface area contributed by atoms with Crippen LogP contribution in [0.2, 0.25) is 0 Å². The number of azide groups is 1. The second-order valence-electron chi connectivity index (χ2n) is 9.51. The molecule has 12 nitrogen and oxygen atoms in total. The largest absolute Gasteiger partial charge is 0.443 e. The van der Waals surface area contributed by atoms with Crippen molar-refractivity contribution >= 4 is 60.3 Å². The molecule has 0 radical (unpaired) electrons. The zero-order valence-electron chi connectivity index (χ0n) is 24.1. The minimum atomic E-state index is 0.340. The van der Waals surface area contributed by atoms with Crippen LogP contribution in [0.3, 0.4) is 0 Å². The number of benzene rings is 4. The summed E-state index contributed by atoms with van der Waals surface area (Å²) in [7, 11) is 0. The van der Waals surface area contributed by atoms with Crippen molar-refractivity contribution in [3.05, 3.63) is 131 Å². The van der Waals surface area contributed by atoms with Crippen LogP contribution in [0.1, 0.15) is 22.3 Å². The fourth-order valence-electron chi connectivity index (χ4n) is 4.08. The van der Waals surface area contributed by atoms with Gasteiger partial charge >= 0.3 is 0 Å². The number of aryl methyl sites for hydroxylation is 1. The van der Waals surface area contributed by atoms with Crippen molar-refractivity contribution in [2.45, 2.75) is 25.3 Å². The Hall–Kier alpha value is -5.49. The first-order valence-electron chi connectivity index (χ1n) is 13.6.